The van der Waals surface area contributed by atoms with Crippen LogP contribution < -0.4 is 5.32 Å². The van der Waals surface area contributed by atoms with Crippen LogP contribution >= 0.6 is 0 Å². The number of hydrogen-bond acceptors (Lipinski definition) is 4. The highest BCUT2D eigenvalue weighted by molar-refractivity contribution is 5.94. The normalized spacial score (nSPS) is 10.3. The number of carbonyl (C=O) groups is 1. The number of nitrogens with one attached hydrogen (secondary N) is 1. The minimum atomic E-state index is -0.597. The molecule has 7 heteroatoms. The Labute approximate surface area is 125 Å². The quantitative estimate of drug-likeness (QED) is 0.671. The zero-order valence-electron chi connectivity index (χ0n) is 11.7. The molecular formula is C15H13FN2O4. The Morgan fingerprint density at radius 1 is 1.32 bits per heavy atom. The van der Waals surface area contributed by atoms with E-state index < -0.39 is 16.6 Å². The molecule has 0 fully saturated rings. The van der Waals surface area contributed by atoms with E-state index in [-0.39, 0.29) is 29.1 Å². The van der Waals surface area contributed by atoms with E-state index in [0.717, 1.165) is 12.1 Å². The van der Waals surface area contributed by atoms with Crippen LogP contribution in [0.3, 0.4) is 0 Å². The van der Waals surface area contributed by atoms with Crippen molar-refractivity contribution in [3.8, 4) is 5.75 Å². The largest absolute Gasteiger partial charge is 0.508 e. The molecule has 0 bridgehead atoms. The van der Waals surface area contributed by atoms with E-state index >= 15 is 0 Å². The van der Waals surface area contributed by atoms with Crippen molar-refractivity contribution < 1.29 is 19.2 Å². The maximum absolute atomic E-state index is 13.4. The third-order valence-electron chi connectivity index (χ3n) is 3.15. The van der Waals surface area contributed by atoms with Crippen molar-refractivity contribution in [3.05, 3.63) is 69.0 Å². The minimum absolute atomic E-state index is 0.109. The summed E-state index contributed by atoms with van der Waals surface area (Å²) < 4.78 is 13.4. The summed E-state index contributed by atoms with van der Waals surface area (Å²) in [6, 6.07) is 7.58. The van der Waals surface area contributed by atoms with E-state index in [2.05, 4.69) is 5.32 Å². The number of benzene rings is 2. The van der Waals surface area contributed by atoms with E-state index in [9.17, 15) is 24.4 Å². The molecule has 0 aliphatic rings. The summed E-state index contributed by atoms with van der Waals surface area (Å²) in [5.41, 5.74) is 0.569. The SMILES string of the molecule is Cc1ccc(C(=O)NCc2cc([N+](=O)[O-])ccc2O)cc1F. The summed E-state index contributed by atoms with van der Waals surface area (Å²) in [6.45, 7) is 1.47. The Morgan fingerprint density at radius 2 is 2.05 bits per heavy atom. The first kappa shape index (κ1) is 15.4. The molecule has 2 rings (SSSR count). The highest BCUT2D eigenvalue weighted by Gasteiger charge is 2.12. The molecule has 0 saturated heterocycles. The van der Waals surface area contributed by atoms with Crippen LogP contribution in [0.4, 0.5) is 10.1 Å². The van der Waals surface area contributed by atoms with Gasteiger partial charge in [0.05, 0.1) is 4.92 Å². The van der Waals surface area contributed by atoms with Crippen LogP contribution in [0.2, 0.25) is 0 Å². The first-order valence-corrected chi connectivity index (χ1v) is 6.39. The molecule has 0 aliphatic heterocycles. The standard InChI is InChI=1S/C15H13FN2O4/c1-9-2-3-10(7-13(9)16)15(20)17-8-11-6-12(18(21)22)4-5-14(11)19/h2-7,19H,8H2,1H3,(H,17,20). The van der Waals surface area contributed by atoms with Gasteiger partial charge < -0.3 is 10.4 Å². The molecule has 22 heavy (non-hydrogen) atoms. The fraction of sp³-hybridized carbons (Fsp3) is 0.133. The molecule has 6 nitrogen and oxygen atoms in total. The summed E-state index contributed by atoms with van der Waals surface area (Å²) in [5.74, 6) is -1.20. The number of aromatic hydroxyl groups is 1. The van der Waals surface area contributed by atoms with E-state index in [0.29, 0.717) is 5.56 Å². The number of non-ortho nitro benzene ring substituents is 1. The van der Waals surface area contributed by atoms with Crippen LogP contribution in [-0.4, -0.2) is 15.9 Å². The third-order valence-corrected chi connectivity index (χ3v) is 3.15. The number of amides is 1. The Bertz CT molecular complexity index is 746. The lowest BCUT2D eigenvalue weighted by Crippen LogP contribution is -2.23. The number of nitro groups is 1. The van der Waals surface area contributed by atoms with Gasteiger partial charge in [-0.1, -0.05) is 6.07 Å². The van der Waals surface area contributed by atoms with Crippen molar-refractivity contribution in [1.82, 2.24) is 5.32 Å². The minimum Gasteiger partial charge on any atom is -0.508 e. The van der Waals surface area contributed by atoms with Crippen LogP contribution in [0.5, 0.6) is 5.75 Å². The molecule has 0 saturated carbocycles. The molecule has 0 unspecified atom stereocenters. The zero-order chi connectivity index (χ0) is 16.3. The molecule has 114 valence electrons. The van der Waals surface area contributed by atoms with Gasteiger partial charge >= 0.3 is 0 Å². The van der Waals surface area contributed by atoms with Crippen LogP contribution in [0.1, 0.15) is 21.5 Å². The maximum atomic E-state index is 13.4. The molecule has 2 aromatic carbocycles. The third kappa shape index (κ3) is 3.38. The summed E-state index contributed by atoms with van der Waals surface area (Å²) in [6.07, 6.45) is 0. The molecule has 0 aromatic heterocycles. The van der Waals surface area contributed by atoms with Gasteiger partial charge in [0.25, 0.3) is 11.6 Å². The lowest BCUT2D eigenvalue weighted by molar-refractivity contribution is -0.384. The Balaban J connectivity index is 2.12. The van der Waals surface area contributed by atoms with Crippen molar-refractivity contribution in [2.45, 2.75) is 13.5 Å². The smallest absolute Gasteiger partial charge is 0.270 e. The number of nitro benzene ring substituents is 1. The van der Waals surface area contributed by atoms with Gasteiger partial charge in [-0.3, -0.25) is 14.9 Å². The lowest BCUT2D eigenvalue weighted by Gasteiger charge is -2.08. The van der Waals surface area contributed by atoms with Gasteiger partial charge in [-0.25, -0.2) is 4.39 Å². The number of aryl methyl sites for hydroxylation is 1. The Hall–Kier alpha value is -2.96. The fourth-order valence-electron chi connectivity index (χ4n) is 1.84. The summed E-state index contributed by atoms with van der Waals surface area (Å²) in [4.78, 5) is 22.0. The van der Waals surface area contributed by atoms with Crippen molar-refractivity contribution in [2.24, 2.45) is 0 Å². The molecule has 0 radical (unpaired) electrons. The average Bonchev–Trinajstić information content (AvgIpc) is 2.48. The van der Waals surface area contributed by atoms with Gasteiger partial charge in [-0.05, 0) is 30.7 Å². The van der Waals surface area contributed by atoms with Gasteiger partial charge in [0.1, 0.15) is 11.6 Å². The number of hydrogen-bond donors (Lipinski definition) is 2. The Kier molecular flexibility index (Phi) is 4.36. The van der Waals surface area contributed by atoms with E-state index in [1.165, 1.54) is 24.3 Å². The second-order valence-corrected chi connectivity index (χ2v) is 4.72. The van der Waals surface area contributed by atoms with Crippen molar-refractivity contribution in [2.75, 3.05) is 0 Å². The Morgan fingerprint density at radius 3 is 2.68 bits per heavy atom. The molecule has 0 aliphatic carbocycles. The number of carbonyl (C=O) groups excluding carboxylic acids is 1. The molecule has 0 spiro atoms. The predicted octanol–water partition coefficient (Wildman–Crippen LogP) is 2.68. The highest BCUT2D eigenvalue weighted by atomic mass is 19.1. The van der Waals surface area contributed by atoms with Gasteiger partial charge in [0.15, 0.2) is 0 Å². The second-order valence-electron chi connectivity index (χ2n) is 4.72. The highest BCUT2D eigenvalue weighted by Crippen LogP contribution is 2.22. The van der Waals surface area contributed by atoms with Gasteiger partial charge in [0.2, 0.25) is 0 Å². The second kappa shape index (κ2) is 6.21. The first-order chi connectivity index (χ1) is 10.4. The number of phenols is 1. The monoisotopic (exact) mass is 304 g/mol. The average molecular weight is 304 g/mol. The van der Waals surface area contributed by atoms with Crippen molar-refractivity contribution in [1.29, 1.82) is 0 Å². The van der Waals surface area contributed by atoms with E-state index in [4.69, 9.17) is 0 Å². The van der Waals surface area contributed by atoms with Crippen LogP contribution in [0.25, 0.3) is 0 Å². The summed E-state index contributed by atoms with van der Waals surface area (Å²) in [5, 5.41) is 22.8. The summed E-state index contributed by atoms with van der Waals surface area (Å²) in [7, 11) is 0. The van der Waals surface area contributed by atoms with Gasteiger partial charge in [-0.15, -0.1) is 0 Å². The molecule has 0 atom stereocenters. The molecule has 2 aromatic rings. The predicted molar refractivity (Wildman–Crippen MR) is 77.1 cm³/mol. The number of halogens is 1. The molecule has 1 amide bonds. The number of phenolic OH excluding ortho intramolecular Hbond substituents is 1. The molecular weight excluding hydrogens is 291 g/mol. The lowest BCUT2D eigenvalue weighted by atomic mass is 10.1. The fourth-order valence-corrected chi connectivity index (χ4v) is 1.84. The van der Waals surface area contributed by atoms with Crippen molar-refractivity contribution >= 4 is 11.6 Å². The summed E-state index contributed by atoms with van der Waals surface area (Å²) >= 11 is 0. The van der Waals surface area contributed by atoms with Crippen LogP contribution in [-0.2, 0) is 6.54 Å². The van der Waals surface area contributed by atoms with Crippen LogP contribution in [0, 0.1) is 22.9 Å². The van der Waals surface area contributed by atoms with Crippen molar-refractivity contribution in [3.63, 3.8) is 0 Å². The topological polar surface area (TPSA) is 92.5 Å². The number of nitrogens with zero attached hydrogens (tertiary/aromatic N) is 1. The number of rotatable bonds is 4. The van der Waals surface area contributed by atoms with E-state index in [1.54, 1.807) is 6.92 Å². The zero-order valence-corrected chi connectivity index (χ0v) is 11.7. The van der Waals surface area contributed by atoms with Gasteiger partial charge in [-0.2, -0.15) is 0 Å². The molecule has 0 heterocycles. The van der Waals surface area contributed by atoms with E-state index in [1.807, 2.05) is 0 Å². The first-order valence-electron chi connectivity index (χ1n) is 6.39. The molecule has 2 N–H and O–H groups in total. The van der Waals surface area contributed by atoms with Gasteiger partial charge in [0, 0.05) is 29.8 Å². The van der Waals surface area contributed by atoms with Crippen LogP contribution in [0.15, 0.2) is 36.4 Å². The maximum Gasteiger partial charge on any atom is 0.270 e.